The lowest BCUT2D eigenvalue weighted by molar-refractivity contribution is -0.115. The predicted octanol–water partition coefficient (Wildman–Crippen LogP) is 4.85. The zero-order chi connectivity index (χ0) is 24.1. The van der Waals surface area contributed by atoms with Gasteiger partial charge in [-0.2, -0.15) is 0 Å². The van der Waals surface area contributed by atoms with E-state index >= 15 is 0 Å². The highest BCUT2D eigenvalue weighted by Crippen LogP contribution is 2.32. The van der Waals surface area contributed by atoms with Gasteiger partial charge in [-0.3, -0.25) is 9.36 Å². The minimum Gasteiger partial charge on any atom is -0.493 e. The molecule has 0 N–H and O–H groups in total. The van der Waals surface area contributed by atoms with Crippen molar-refractivity contribution in [2.24, 2.45) is 0 Å². The van der Waals surface area contributed by atoms with Crippen LogP contribution < -0.4 is 14.4 Å². The molecule has 0 unspecified atom stereocenters. The van der Waals surface area contributed by atoms with Gasteiger partial charge >= 0.3 is 0 Å². The lowest BCUT2D eigenvalue weighted by Crippen LogP contribution is -2.28. The van der Waals surface area contributed by atoms with Gasteiger partial charge in [-0.15, -0.1) is 10.2 Å². The number of hydrogen-bond acceptors (Lipinski definition) is 6. The molecule has 0 fully saturated rings. The Kier molecular flexibility index (Phi) is 7.12. The van der Waals surface area contributed by atoms with Crippen LogP contribution in [0.3, 0.4) is 0 Å². The van der Waals surface area contributed by atoms with Crippen molar-refractivity contribution in [1.29, 1.82) is 0 Å². The topological polar surface area (TPSA) is 69.5 Å². The zero-order valence-electron chi connectivity index (χ0n) is 18.9. The van der Waals surface area contributed by atoms with Crippen molar-refractivity contribution in [2.45, 2.75) is 5.16 Å². The molecule has 0 aliphatic carbocycles. The number of para-hydroxylation sites is 1. The van der Waals surface area contributed by atoms with E-state index in [1.807, 2.05) is 34.9 Å². The molecule has 0 saturated heterocycles. The number of thioether (sulfide) groups is 1. The highest BCUT2D eigenvalue weighted by molar-refractivity contribution is 7.99. The highest BCUT2D eigenvalue weighted by Gasteiger charge is 2.19. The van der Waals surface area contributed by atoms with Crippen LogP contribution in [0, 0.1) is 5.82 Å². The van der Waals surface area contributed by atoms with Gasteiger partial charge in [0.25, 0.3) is 0 Å². The Labute approximate surface area is 201 Å². The molecule has 7 nitrogen and oxygen atoms in total. The summed E-state index contributed by atoms with van der Waals surface area (Å²) in [6, 6.07) is 21.0. The summed E-state index contributed by atoms with van der Waals surface area (Å²) in [5, 5.41) is 9.21. The Bertz CT molecular complexity index is 1280. The van der Waals surface area contributed by atoms with Crippen molar-refractivity contribution < 1.29 is 18.7 Å². The van der Waals surface area contributed by atoms with Crippen molar-refractivity contribution in [3.8, 4) is 28.6 Å². The van der Waals surface area contributed by atoms with Crippen molar-refractivity contribution in [2.75, 3.05) is 31.9 Å². The second-order valence-corrected chi connectivity index (χ2v) is 8.21. The molecule has 174 valence electrons. The monoisotopic (exact) mass is 478 g/mol. The number of rotatable bonds is 8. The van der Waals surface area contributed by atoms with Crippen LogP contribution in [0.5, 0.6) is 11.5 Å². The number of benzene rings is 3. The average molecular weight is 479 g/mol. The molecule has 3 aromatic carbocycles. The molecule has 0 bridgehead atoms. The molecule has 0 saturated carbocycles. The summed E-state index contributed by atoms with van der Waals surface area (Å²) in [6.07, 6.45) is 0. The molecule has 1 aromatic heterocycles. The van der Waals surface area contributed by atoms with Gasteiger partial charge in [0, 0.05) is 30.1 Å². The molecule has 0 aliphatic heterocycles. The first kappa shape index (κ1) is 23.3. The molecule has 1 amide bonds. The second-order valence-electron chi connectivity index (χ2n) is 7.26. The van der Waals surface area contributed by atoms with Gasteiger partial charge in [-0.25, -0.2) is 4.39 Å². The number of hydrogen-bond donors (Lipinski definition) is 0. The standard InChI is InChI=1S/C25H23FN4O3S/c1-29(20-13-14-21(32-2)22(15-20)33-3)23(31)16-34-25-28-27-24(17-9-11-18(26)12-10-17)30(25)19-7-5-4-6-8-19/h4-15H,16H2,1-3H3. The van der Waals surface area contributed by atoms with Gasteiger partial charge in [0.1, 0.15) is 5.82 Å². The number of halogens is 1. The van der Waals surface area contributed by atoms with Crippen molar-refractivity contribution in [3.05, 3.63) is 78.6 Å². The van der Waals surface area contributed by atoms with Gasteiger partial charge in [0.2, 0.25) is 5.91 Å². The largest absolute Gasteiger partial charge is 0.493 e. The fourth-order valence-corrected chi connectivity index (χ4v) is 4.23. The van der Waals surface area contributed by atoms with Crippen LogP contribution in [-0.4, -0.2) is 47.7 Å². The lowest BCUT2D eigenvalue weighted by Gasteiger charge is -2.19. The first-order chi connectivity index (χ1) is 16.5. The quantitative estimate of drug-likeness (QED) is 0.338. The second kappa shape index (κ2) is 10.4. The van der Waals surface area contributed by atoms with E-state index in [0.29, 0.717) is 28.2 Å². The average Bonchev–Trinajstić information content (AvgIpc) is 3.31. The van der Waals surface area contributed by atoms with Crippen molar-refractivity contribution in [1.82, 2.24) is 14.8 Å². The van der Waals surface area contributed by atoms with E-state index in [9.17, 15) is 9.18 Å². The van der Waals surface area contributed by atoms with E-state index in [1.165, 1.54) is 23.9 Å². The number of carbonyl (C=O) groups is 1. The maximum absolute atomic E-state index is 13.4. The predicted molar refractivity (Wildman–Crippen MR) is 130 cm³/mol. The maximum atomic E-state index is 13.4. The minimum absolute atomic E-state index is 0.122. The lowest BCUT2D eigenvalue weighted by atomic mass is 10.2. The summed E-state index contributed by atoms with van der Waals surface area (Å²) in [5.41, 5.74) is 2.24. The van der Waals surface area contributed by atoms with Crippen molar-refractivity contribution >= 4 is 23.4 Å². The minimum atomic E-state index is -0.326. The summed E-state index contributed by atoms with van der Waals surface area (Å²) in [5.74, 6) is 1.38. The molecule has 0 radical (unpaired) electrons. The molecule has 1 heterocycles. The molecule has 4 rings (SSSR count). The van der Waals surface area contributed by atoms with E-state index in [1.54, 1.807) is 56.5 Å². The van der Waals surface area contributed by atoms with E-state index in [0.717, 1.165) is 11.3 Å². The zero-order valence-corrected chi connectivity index (χ0v) is 19.8. The summed E-state index contributed by atoms with van der Waals surface area (Å²) in [4.78, 5) is 14.5. The first-order valence-electron chi connectivity index (χ1n) is 10.4. The van der Waals surface area contributed by atoms with Crippen LogP contribution in [0.4, 0.5) is 10.1 Å². The summed E-state index contributed by atoms with van der Waals surface area (Å²) in [6.45, 7) is 0. The highest BCUT2D eigenvalue weighted by atomic mass is 32.2. The third-order valence-electron chi connectivity index (χ3n) is 5.20. The van der Waals surface area contributed by atoms with E-state index in [-0.39, 0.29) is 17.5 Å². The molecule has 0 atom stereocenters. The molecule has 0 spiro atoms. The van der Waals surface area contributed by atoms with E-state index in [4.69, 9.17) is 9.47 Å². The summed E-state index contributed by atoms with van der Waals surface area (Å²) in [7, 11) is 4.82. The number of aromatic nitrogens is 3. The number of amides is 1. The molecule has 34 heavy (non-hydrogen) atoms. The SMILES string of the molecule is COc1ccc(N(C)C(=O)CSc2nnc(-c3ccc(F)cc3)n2-c2ccccc2)cc1OC. The summed E-state index contributed by atoms with van der Waals surface area (Å²) >= 11 is 1.28. The Balaban J connectivity index is 1.58. The van der Waals surface area contributed by atoms with Gasteiger partial charge in [0.05, 0.1) is 20.0 Å². The fourth-order valence-electron chi connectivity index (χ4n) is 3.36. The van der Waals surface area contributed by atoms with Crippen LogP contribution >= 0.6 is 11.8 Å². The van der Waals surface area contributed by atoms with Gasteiger partial charge in [0.15, 0.2) is 22.5 Å². The van der Waals surface area contributed by atoms with Crippen LogP contribution in [0.1, 0.15) is 0 Å². The van der Waals surface area contributed by atoms with Crippen LogP contribution in [0.25, 0.3) is 17.1 Å². The fraction of sp³-hybridized carbons (Fsp3) is 0.160. The van der Waals surface area contributed by atoms with Crippen LogP contribution in [0.2, 0.25) is 0 Å². The molecule has 4 aromatic rings. The Hall–Kier alpha value is -3.85. The molecular weight excluding hydrogens is 455 g/mol. The van der Waals surface area contributed by atoms with Gasteiger partial charge in [-0.05, 0) is 48.5 Å². The number of nitrogens with zero attached hydrogens (tertiary/aromatic N) is 4. The third kappa shape index (κ3) is 4.89. The normalized spacial score (nSPS) is 10.7. The summed E-state index contributed by atoms with van der Waals surface area (Å²) < 4.78 is 25.9. The van der Waals surface area contributed by atoms with E-state index in [2.05, 4.69) is 10.2 Å². The third-order valence-corrected chi connectivity index (χ3v) is 6.12. The Morgan fingerprint density at radius 2 is 1.68 bits per heavy atom. The Morgan fingerprint density at radius 1 is 0.971 bits per heavy atom. The maximum Gasteiger partial charge on any atom is 0.237 e. The Morgan fingerprint density at radius 3 is 2.35 bits per heavy atom. The smallest absolute Gasteiger partial charge is 0.237 e. The van der Waals surface area contributed by atoms with Crippen LogP contribution in [-0.2, 0) is 4.79 Å². The number of carbonyl (C=O) groups excluding carboxylic acids is 1. The van der Waals surface area contributed by atoms with Gasteiger partial charge < -0.3 is 14.4 Å². The van der Waals surface area contributed by atoms with E-state index < -0.39 is 0 Å². The number of ether oxygens (including phenoxy) is 2. The van der Waals surface area contributed by atoms with Gasteiger partial charge in [-0.1, -0.05) is 30.0 Å². The first-order valence-corrected chi connectivity index (χ1v) is 11.4. The molecular formula is C25H23FN4O3S. The van der Waals surface area contributed by atoms with Crippen LogP contribution in [0.15, 0.2) is 78.0 Å². The number of anilines is 1. The molecule has 9 heteroatoms. The van der Waals surface area contributed by atoms with Crippen molar-refractivity contribution in [3.63, 3.8) is 0 Å². The molecule has 0 aliphatic rings. The number of methoxy groups -OCH3 is 2.